The van der Waals surface area contributed by atoms with Gasteiger partial charge in [-0.25, -0.2) is 0 Å². The third-order valence-electron chi connectivity index (χ3n) is 4.93. The van der Waals surface area contributed by atoms with E-state index in [-0.39, 0.29) is 24.0 Å². The number of guanidine groups is 1. The molecule has 1 aliphatic carbocycles. The maximum Gasteiger partial charge on any atom is 0.193 e. The molecular weight excluding hydrogens is 413 g/mol. The molecule has 4 nitrogen and oxygen atoms in total. The Kier molecular flexibility index (Phi) is 7.40. The number of hydrogen-bond acceptors (Lipinski definition) is 2. The molecule has 0 saturated heterocycles. The van der Waals surface area contributed by atoms with Crippen molar-refractivity contribution in [1.29, 1.82) is 0 Å². The molecule has 5 heteroatoms. The maximum absolute atomic E-state index is 5.33. The summed E-state index contributed by atoms with van der Waals surface area (Å²) >= 11 is 0. The van der Waals surface area contributed by atoms with Crippen molar-refractivity contribution in [1.82, 2.24) is 10.2 Å². The second-order valence-electron chi connectivity index (χ2n) is 6.38. The lowest BCUT2D eigenvalue weighted by atomic mass is 9.85. The maximum atomic E-state index is 5.33. The molecule has 2 aliphatic rings. The van der Waals surface area contributed by atoms with Gasteiger partial charge < -0.3 is 15.0 Å². The van der Waals surface area contributed by atoms with Gasteiger partial charge in [-0.15, -0.1) is 24.0 Å². The molecule has 3 rings (SSSR count). The van der Waals surface area contributed by atoms with Crippen molar-refractivity contribution < 1.29 is 4.74 Å². The largest absolute Gasteiger partial charge is 0.497 e. The summed E-state index contributed by atoms with van der Waals surface area (Å²) in [4.78, 5) is 6.79. The van der Waals surface area contributed by atoms with Crippen LogP contribution in [-0.4, -0.2) is 44.7 Å². The fourth-order valence-electron chi connectivity index (χ4n) is 3.21. The summed E-state index contributed by atoms with van der Waals surface area (Å²) in [5, 5.41) is 3.54. The molecule has 0 amide bonds. The average Bonchev–Trinajstić information content (AvgIpc) is 2.57. The number of benzene rings is 1. The smallest absolute Gasteiger partial charge is 0.193 e. The van der Waals surface area contributed by atoms with E-state index in [2.05, 4.69) is 39.5 Å². The van der Waals surface area contributed by atoms with E-state index in [0.717, 1.165) is 43.7 Å². The van der Waals surface area contributed by atoms with Crippen LogP contribution in [0.1, 0.15) is 31.2 Å². The Labute approximate surface area is 162 Å². The minimum atomic E-state index is 0. The van der Waals surface area contributed by atoms with Crippen LogP contribution in [0, 0.1) is 5.92 Å². The summed E-state index contributed by atoms with van der Waals surface area (Å²) in [7, 11) is 3.60. The molecule has 1 aromatic rings. The van der Waals surface area contributed by atoms with Crippen LogP contribution >= 0.6 is 24.0 Å². The van der Waals surface area contributed by atoms with Crippen molar-refractivity contribution >= 4 is 35.5 Å². The molecule has 0 aromatic heterocycles. The number of halogens is 1. The minimum absolute atomic E-state index is 0. The Morgan fingerprint density at radius 3 is 2.79 bits per heavy atom. The normalized spacial score (nSPS) is 18.3. The van der Waals surface area contributed by atoms with Crippen LogP contribution < -0.4 is 10.1 Å². The van der Waals surface area contributed by atoms with Gasteiger partial charge in [0.05, 0.1) is 7.11 Å². The minimum Gasteiger partial charge on any atom is -0.497 e. The van der Waals surface area contributed by atoms with Crippen LogP contribution in [0.2, 0.25) is 0 Å². The quantitative estimate of drug-likeness (QED) is 0.439. The van der Waals surface area contributed by atoms with Crippen molar-refractivity contribution in [2.75, 3.05) is 33.8 Å². The van der Waals surface area contributed by atoms with Gasteiger partial charge in [0.2, 0.25) is 0 Å². The Balaban J connectivity index is 0.00000208. The van der Waals surface area contributed by atoms with Crippen LogP contribution in [0.25, 0.3) is 5.57 Å². The zero-order chi connectivity index (χ0) is 16.1. The summed E-state index contributed by atoms with van der Waals surface area (Å²) in [6, 6.07) is 8.32. The van der Waals surface area contributed by atoms with Crippen LogP contribution in [0.4, 0.5) is 0 Å². The first-order valence-corrected chi connectivity index (χ1v) is 8.59. The molecule has 0 spiro atoms. The molecule has 24 heavy (non-hydrogen) atoms. The van der Waals surface area contributed by atoms with Crippen molar-refractivity contribution in [2.24, 2.45) is 10.9 Å². The van der Waals surface area contributed by atoms with Gasteiger partial charge in [-0.1, -0.05) is 24.6 Å². The monoisotopic (exact) mass is 441 g/mol. The lowest BCUT2D eigenvalue weighted by Crippen LogP contribution is -2.45. The number of ether oxygens (including phenoxy) is 1. The molecule has 1 heterocycles. The van der Waals surface area contributed by atoms with Crippen molar-refractivity contribution in [3.05, 3.63) is 35.9 Å². The highest BCUT2D eigenvalue weighted by molar-refractivity contribution is 14.0. The van der Waals surface area contributed by atoms with E-state index < -0.39 is 0 Å². The first-order valence-electron chi connectivity index (χ1n) is 8.59. The highest BCUT2D eigenvalue weighted by Gasteiger charge is 2.20. The van der Waals surface area contributed by atoms with Gasteiger partial charge in [-0.3, -0.25) is 4.99 Å². The number of hydrogen-bond donors (Lipinski definition) is 1. The molecular formula is C19H28IN3O. The number of rotatable bonds is 4. The van der Waals surface area contributed by atoms with Crippen molar-refractivity contribution in [3.8, 4) is 5.75 Å². The van der Waals surface area contributed by atoms with Crippen molar-refractivity contribution in [3.63, 3.8) is 0 Å². The fraction of sp³-hybridized carbons (Fsp3) is 0.526. The third kappa shape index (κ3) is 4.65. The zero-order valence-corrected chi connectivity index (χ0v) is 17.0. The van der Waals surface area contributed by atoms with Crippen LogP contribution in [0.5, 0.6) is 5.75 Å². The van der Waals surface area contributed by atoms with E-state index >= 15 is 0 Å². The highest BCUT2D eigenvalue weighted by Crippen LogP contribution is 2.26. The zero-order valence-electron chi connectivity index (χ0n) is 14.6. The molecule has 0 radical (unpaired) electrons. The number of nitrogens with one attached hydrogen (secondary N) is 1. The molecule has 1 N–H and O–H groups in total. The Morgan fingerprint density at radius 1 is 1.38 bits per heavy atom. The first-order chi connectivity index (χ1) is 11.3. The fourth-order valence-corrected chi connectivity index (χ4v) is 3.21. The third-order valence-corrected chi connectivity index (χ3v) is 4.93. The van der Waals surface area contributed by atoms with Crippen LogP contribution in [0.15, 0.2) is 35.3 Å². The van der Waals surface area contributed by atoms with Gasteiger partial charge in [0, 0.05) is 26.7 Å². The summed E-state index contributed by atoms with van der Waals surface area (Å²) in [6.07, 6.45) is 7.47. The lowest BCUT2D eigenvalue weighted by molar-refractivity contribution is 0.309. The lowest BCUT2D eigenvalue weighted by Gasteiger charge is -2.32. The molecule has 0 atom stereocenters. The van der Waals surface area contributed by atoms with Crippen LogP contribution in [-0.2, 0) is 0 Å². The standard InChI is InChI=1S/C19H27N3O.HI/c1-20-19(21-14-15-5-3-6-15)22-11-9-16(10-12-22)17-7-4-8-18(13-17)23-2;/h4,7-9,13,15H,3,5-6,10-12,14H2,1-2H3,(H,20,21);1H. The Morgan fingerprint density at radius 2 is 2.21 bits per heavy atom. The molecule has 0 unspecified atom stereocenters. The number of nitrogens with zero attached hydrogens (tertiary/aromatic N) is 2. The Hall–Kier alpha value is -1.24. The summed E-state index contributed by atoms with van der Waals surface area (Å²) in [5.74, 6) is 2.81. The van der Waals surface area contributed by atoms with Gasteiger partial charge in [-0.2, -0.15) is 0 Å². The molecule has 1 fully saturated rings. The second-order valence-corrected chi connectivity index (χ2v) is 6.38. The summed E-state index contributed by atoms with van der Waals surface area (Å²) < 4.78 is 5.33. The summed E-state index contributed by atoms with van der Waals surface area (Å²) in [6.45, 7) is 2.99. The first kappa shape index (κ1) is 19.1. The van der Waals surface area contributed by atoms with E-state index in [1.165, 1.54) is 30.4 Å². The second kappa shape index (κ2) is 9.30. The predicted molar refractivity (Wildman–Crippen MR) is 111 cm³/mol. The van der Waals surface area contributed by atoms with Crippen LogP contribution in [0.3, 0.4) is 0 Å². The highest BCUT2D eigenvalue weighted by atomic mass is 127. The molecule has 1 aromatic carbocycles. The van der Waals surface area contributed by atoms with Gasteiger partial charge in [-0.05, 0) is 48.4 Å². The molecule has 1 aliphatic heterocycles. The number of aliphatic imine (C=N–C) groups is 1. The molecule has 0 bridgehead atoms. The SMILES string of the molecule is CN=C(NCC1CCC1)N1CC=C(c2cccc(OC)c2)CC1.I. The van der Waals surface area contributed by atoms with Gasteiger partial charge in [0.15, 0.2) is 5.96 Å². The van der Waals surface area contributed by atoms with E-state index in [9.17, 15) is 0 Å². The molecule has 132 valence electrons. The topological polar surface area (TPSA) is 36.9 Å². The summed E-state index contributed by atoms with van der Waals surface area (Å²) in [5.41, 5.74) is 2.66. The molecule has 1 saturated carbocycles. The Bertz CT molecular complexity index is 596. The van der Waals surface area contributed by atoms with E-state index in [0.29, 0.717) is 0 Å². The van der Waals surface area contributed by atoms with E-state index in [1.807, 2.05) is 13.1 Å². The van der Waals surface area contributed by atoms with Gasteiger partial charge in [0.1, 0.15) is 5.75 Å². The van der Waals surface area contributed by atoms with Gasteiger partial charge in [0.25, 0.3) is 0 Å². The van der Waals surface area contributed by atoms with Gasteiger partial charge >= 0.3 is 0 Å². The number of methoxy groups -OCH3 is 1. The van der Waals surface area contributed by atoms with Crippen molar-refractivity contribution in [2.45, 2.75) is 25.7 Å². The van der Waals surface area contributed by atoms with E-state index in [4.69, 9.17) is 4.74 Å². The van der Waals surface area contributed by atoms with E-state index in [1.54, 1.807) is 7.11 Å². The average molecular weight is 441 g/mol. The predicted octanol–water partition coefficient (Wildman–Crippen LogP) is 3.78.